The first-order chi connectivity index (χ1) is 9.66. The Bertz CT molecular complexity index is 787. The highest BCUT2D eigenvalue weighted by Gasteiger charge is 2.15. The summed E-state index contributed by atoms with van der Waals surface area (Å²) in [6.07, 6.45) is 0. The van der Waals surface area contributed by atoms with Crippen LogP contribution in [0, 0.1) is 6.92 Å². The molecule has 3 aromatic rings. The minimum atomic E-state index is 0.0542. The Morgan fingerprint density at radius 3 is 2.50 bits per heavy atom. The Morgan fingerprint density at radius 1 is 1.05 bits per heavy atom. The number of carbonyl (C=O) groups is 1. The van der Waals surface area contributed by atoms with Crippen molar-refractivity contribution in [1.29, 1.82) is 0 Å². The first-order valence-electron chi connectivity index (χ1n) is 6.61. The monoisotopic (exact) mass is 264 g/mol. The Kier molecular flexibility index (Phi) is 3.03. The number of aromatic amines is 1. The molecule has 3 rings (SSSR count). The number of benzene rings is 2. The van der Waals surface area contributed by atoms with Crippen molar-refractivity contribution in [1.82, 2.24) is 4.98 Å². The van der Waals surface area contributed by atoms with E-state index >= 15 is 0 Å². The number of aryl methyl sites for hydroxylation is 1. The van der Waals surface area contributed by atoms with E-state index in [9.17, 15) is 4.79 Å². The lowest BCUT2D eigenvalue weighted by Crippen LogP contribution is -1.99. The van der Waals surface area contributed by atoms with E-state index in [0.29, 0.717) is 5.56 Å². The number of Topliss-reactive ketones (excluding diaryl/α,β-unsaturated/α-hetero) is 1. The summed E-state index contributed by atoms with van der Waals surface area (Å²) in [6, 6.07) is 15.9. The number of aromatic nitrogens is 1. The number of H-pyrrole nitrogens is 1. The number of fused-ring (bicyclic) bond motifs is 1. The smallest absolute Gasteiger partial charge is 0.164 e. The number of carbonyl (C=O) groups excluding carboxylic acids is 1. The molecule has 0 spiro atoms. The van der Waals surface area contributed by atoms with Crippen LogP contribution in [-0.2, 0) is 0 Å². The van der Waals surface area contributed by atoms with Crippen LogP contribution in [-0.4, -0.2) is 10.8 Å². The first-order valence-corrected chi connectivity index (χ1v) is 6.61. The summed E-state index contributed by atoms with van der Waals surface area (Å²) in [4.78, 5) is 15.2. The highest BCUT2D eigenvalue weighted by Crippen LogP contribution is 2.29. The molecule has 3 heteroatoms. The second kappa shape index (κ2) is 4.85. The van der Waals surface area contributed by atoms with Gasteiger partial charge in [0.1, 0.15) is 5.82 Å². The number of rotatable bonds is 3. The lowest BCUT2D eigenvalue weighted by Gasteiger charge is -2.09. The normalized spacial score (nSPS) is 10.7. The number of anilines is 2. The predicted molar refractivity (Wildman–Crippen MR) is 82.8 cm³/mol. The average Bonchev–Trinajstić information content (AvgIpc) is 2.79. The highest BCUT2D eigenvalue weighted by atomic mass is 16.1. The van der Waals surface area contributed by atoms with E-state index in [2.05, 4.69) is 10.3 Å². The molecule has 1 heterocycles. The second-order valence-electron chi connectivity index (χ2n) is 4.92. The summed E-state index contributed by atoms with van der Waals surface area (Å²) < 4.78 is 0. The topological polar surface area (TPSA) is 44.9 Å². The van der Waals surface area contributed by atoms with Gasteiger partial charge in [-0.2, -0.15) is 0 Å². The molecule has 2 aromatic carbocycles. The van der Waals surface area contributed by atoms with Gasteiger partial charge in [-0.05, 0) is 31.5 Å². The van der Waals surface area contributed by atoms with Crippen LogP contribution in [0.1, 0.15) is 22.8 Å². The summed E-state index contributed by atoms with van der Waals surface area (Å²) in [5.74, 6) is 0.812. The van der Waals surface area contributed by atoms with Crippen molar-refractivity contribution in [2.75, 3.05) is 5.32 Å². The van der Waals surface area contributed by atoms with Crippen molar-refractivity contribution in [2.45, 2.75) is 13.8 Å². The second-order valence-corrected chi connectivity index (χ2v) is 4.92. The summed E-state index contributed by atoms with van der Waals surface area (Å²) >= 11 is 0. The van der Waals surface area contributed by atoms with Crippen LogP contribution in [0.2, 0.25) is 0 Å². The molecule has 0 saturated carbocycles. The standard InChI is InChI=1S/C17H16N2O/c1-11-7-3-5-9-14(11)18-17-16(12(2)20)13-8-4-6-10-15(13)19-17/h3-10,18-19H,1-2H3. The predicted octanol–water partition coefficient (Wildman–Crippen LogP) is 4.42. The fraction of sp³-hybridized carbons (Fsp3) is 0.118. The zero-order valence-corrected chi connectivity index (χ0v) is 11.5. The first kappa shape index (κ1) is 12.5. The number of hydrogen-bond donors (Lipinski definition) is 2. The molecule has 0 amide bonds. The van der Waals surface area contributed by atoms with E-state index in [-0.39, 0.29) is 5.78 Å². The van der Waals surface area contributed by atoms with E-state index in [4.69, 9.17) is 0 Å². The van der Waals surface area contributed by atoms with Gasteiger partial charge in [0.25, 0.3) is 0 Å². The fourth-order valence-electron chi connectivity index (χ4n) is 2.45. The van der Waals surface area contributed by atoms with Gasteiger partial charge in [0.15, 0.2) is 5.78 Å². The SMILES string of the molecule is CC(=O)c1c(Nc2ccccc2C)[nH]c2ccccc12. The van der Waals surface area contributed by atoms with Crippen LogP contribution in [0.4, 0.5) is 11.5 Å². The van der Waals surface area contributed by atoms with E-state index in [0.717, 1.165) is 28.0 Å². The highest BCUT2D eigenvalue weighted by molar-refractivity contribution is 6.12. The molecule has 0 aliphatic heterocycles. The lowest BCUT2D eigenvalue weighted by atomic mass is 10.1. The molecular formula is C17H16N2O. The van der Waals surface area contributed by atoms with E-state index < -0.39 is 0 Å². The molecule has 0 unspecified atom stereocenters. The summed E-state index contributed by atoms with van der Waals surface area (Å²) in [5, 5.41) is 4.29. The molecule has 1 aromatic heterocycles. The maximum absolute atomic E-state index is 12.0. The zero-order valence-electron chi connectivity index (χ0n) is 11.5. The third-order valence-electron chi connectivity index (χ3n) is 3.46. The molecule has 0 atom stereocenters. The van der Waals surface area contributed by atoms with Crippen molar-refractivity contribution < 1.29 is 4.79 Å². The third kappa shape index (κ3) is 2.07. The van der Waals surface area contributed by atoms with E-state index in [1.54, 1.807) is 6.92 Å². The van der Waals surface area contributed by atoms with Crippen LogP contribution >= 0.6 is 0 Å². The van der Waals surface area contributed by atoms with E-state index in [1.807, 2.05) is 55.5 Å². The quantitative estimate of drug-likeness (QED) is 0.688. The average molecular weight is 264 g/mol. The van der Waals surface area contributed by atoms with Crippen LogP contribution in [0.5, 0.6) is 0 Å². The number of nitrogens with one attached hydrogen (secondary N) is 2. The Balaban J connectivity index is 2.14. The molecule has 0 radical (unpaired) electrons. The summed E-state index contributed by atoms with van der Waals surface area (Å²) in [7, 11) is 0. The van der Waals surface area contributed by atoms with Gasteiger partial charge < -0.3 is 10.3 Å². The van der Waals surface area contributed by atoms with Crippen LogP contribution in [0.3, 0.4) is 0 Å². The van der Waals surface area contributed by atoms with Gasteiger partial charge in [-0.3, -0.25) is 4.79 Å². The van der Waals surface area contributed by atoms with Gasteiger partial charge in [0, 0.05) is 16.6 Å². The van der Waals surface area contributed by atoms with Gasteiger partial charge >= 0.3 is 0 Å². The molecule has 2 N–H and O–H groups in total. The minimum absolute atomic E-state index is 0.0542. The van der Waals surface area contributed by atoms with E-state index in [1.165, 1.54) is 0 Å². The Morgan fingerprint density at radius 2 is 1.75 bits per heavy atom. The molecule has 0 fully saturated rings. The zero-order chi connectivity index (χ0) is 14.1. The maximum atomic E-state index is 12.0. The summed E-state index contributed by atoms with van der Waals surface area (Å²) in [5.41, 5.74) is 3.82. The molecule has 0 aliphatic rings. The molecule has 3 nitrogen and oxygen atoms in total. The third-order valence-corrected chi connectivity index (χ3v) is 3.46. The molecule has 100 valence electrons. The van der Waals surface area contributed by atoms with Crippen molar-refractivity contribution in [3.05, 3.63) is 59.7 Å². The Labute approximate surface area is 117 Å². The van der Waals surface area contributed by atoms with Crippen LogP contribution in [0.25, 0.3) is 10.9 Å². The minimum Gasteiger partial charge on any atom is -0.341 e. The lowest BCUT2D eigenvalue weighted by molar-refractivity contribution is 0.102. The molecule has 0 bridgehead atoms. The van der Waals surface area contributed by atoms with Gasteiger partial charge in [0.2, 0.25) is 0 Å². The number of ketones is 1. The molecule has 0 aliphatic carbocycles. The van der Waals surface area contributed by atoms with Gasteiger partial charge in [0.05, 0.1) is 5.56 Å². The molecule has 20 heavy (non-hydrogen) atoms. The fourth-order valence-corrected chi connectivity index (χ4v) is 2.45. The van der Waals surface area contributed by atoms with Crippen LogP contribution in [0.15, 0.2) is 48.5 Å². The number of para-hydroxylation sites is 2. The Hall–Kier alpha value is -2.55. The van der Waals surface area contributed by atoms with Gasteiger partial charge in [-0.25, -0.2) is 0 Å². The number of hydrogen-bond acceptors (Lipinski definition) is 2. The van der Waals surface area contributed by atoms with Crippen molar-refractivity contribution in [3.8, 4) is 0 Å². The van der Waals surface area contributed by atoms with Crippen molar-refractivity contribution in [2.24, 2.45) is 0 Å². The summed E-state index contributed by atoms with van der Waals surface area (Å²) in [6.45, 7) is 3.64. The van der Waals surface area contributed by atoms with Crippen LogP contribution < -0.4 is 5.32 Å². The largest absolute Gasteiger partial charge is 0.341 e. The molecule has 0 saturated heterocycles. The molecular weight excluding hydrogens is 248 g/mol. The maximum Gasteiger partial charge on any atom is 0.164 e. The van der Waals surface area contributed by atoms with Crippen molar-refractivity contribution >= 4 is 28.2 Å². The van der Waals surface area contributed by atoms with Crippen molar-refractivity contribution in [3.63, 3.8) is 0 Å². The van der Waals surface area contributed by atoms with Gasteiger partial charge in [-0.1, -0.05) is 36.4 Å². The van der Waals surface area contributed by atoms with Gasteiger partial charge in [-0.15, -0.1) is 0 Å².